The molecule has 0 unspecified atom stereocenters. The van der Waals surface area contributed by atoms with Gasteiger partial charge in [0.2, 0.25) is 4.73 Å². The van der Waals surface area contributed by atoms with E-state index in [0.717, 1.165) is 18.6 Å². The van der Waals surface area contributed by atoms with Crippen LogP contribution in [-0.4, -0.2) is 25.4 Å². The number of nitrogens with zero attached hydrogens (tertiary/aromatic N) is 4. The minimum absolute atomic E-state index is 0.217. The minimum Gasteiger partial charge on any atom is -0.460 e. The molecule has 0 N–H and O–H groups in total. The Kier molecular flexibility index (Phi) is 3.11. The summed E-state index contributed by atoms with van der Waals surface area (Å²) in [6.45, 7) is 1.88. The van der Waals surface area contributed by atoms with Gasteiger partial charge in [0.05, 0.1) is 18.3 Å². The van der Waals surface area contributed by atoms with Crippen LogP contribution in [0.2, 0.25) is 0 Å². The van der Waals surface area contributed by atoms with Crippen LogP contribution in [0.25, 0.3) is 17.1 Å². The van der Waals surface area contributed by atoms with Gasteiger partial charge in [0.25, 0.3) is 0 Å². The van der Waals surface area contributed by atoms with E-state index in [2.05, 4.69) is 31.0 Å². The number of hydrogen-bond donors (Lipinski definition) is 0. The number of furan rings is 1. The number of Topliss-reactive ketones (excluding diaryl/α,β-unsaturated/α-hetero) is 1. The second-order valence-corrected chi connectivity index (χ2v) is 6.27. The van der Waals surface area contributed by atoms with E-state index in [0.29, 0.717) is 33.9 Å². The van der Waals surface area contributed by atoms with Gasteiger partial charge < -0.3 is 4.42 Å². The van der Waals surface area contributed by atoms with E-state index in [1.54, 1.807) is 10.7 Å². The zero-order chi connectivity index (χ0) is 15.3. The number of aromatic nitrogens is 4. The quantitative estimate of drug-likeness (QED) is 0.714. The summed E-state index contributed by atoms with van der Waals surface area (Å²) in [5, 5.41) is 4.26. The summed E-state index contributed by atoms with van der Waals surface area (Å²) in [4.78, 5) is 21.0. The Bertz CT molecular complexity index is 879. The van der Waals surface area contributed by atoms with Crippen molar-refractivity contribution in [2.24, 2.45) is 5.92 Å². The van der Waals surface area contributed by atoms with Gasteiger partial charge in [-0.1, -0.05) is 0 Å². The fourth-order valence-corrected chi connectivity index (χ4v) is 2.79. The maximum atomic E-state index is 12.0. The highest BCUT2D eigenvalue weighted by Crippen LogP contribution is 2.31. The predicted molar refractivity (Wildman–Crippen MR) is 82.4 cm³/mol. The Balaban J connectivity index is 1.83. The second-order valence-electron chi connectivity index (χ2n) is 5.56. The van der Waals surface area contributed by atoms with Gasteiger partial charge in [-0.05, 0) is 47.8 Å². The van der Waals surface area contributed by atoms with E-state index in [1.165, 1.54) is 0 Å². The minimum atomic E-state index is 0.217. The summed E-state index contributed by atoms with van der Waals surface area (Å²) < 4.78 is 7.78. The molecule has 1 saturated carbocycles. The van der Waals surface area contributed by atoms with Crippen LogP contribution >= 0.6 is 15.9 Å². The first-order valence-electron chi connectivity index (χ1n) is 7.11. The molecule has 1 fully saturated rings. The zero-order valence-electron chi connectivity index (χ0n) is 11.9. The molecule has 0 amide bonds. The van der Waals surface area contributed by atoms with E-state index in [1.807, 2.05) is 19.1 Å². The van der Waals surface area contributed by atoms with Crippen molar-refractivity contribution in [3.63, 3.8) is 0 Å². The van der Waals surface area contributed by atoms with Crippen molar-refractivity contribution in [2.75, 3.05) is 0 Å². The molecule has 6 nitrogen and oxygen atoms in total. The first kappa shape index (κ1) is 13.6. The number of rotatable bonds is 4. The van der Waals surface area contributed by atoms with Crippen LogP contribution < -0.4 is 0 Å². The van der Waals surface area contributed by atoms with Gasteiger partial charge in [0.1, 0.15) is 11.5 Å². The Morgan fingerprint density at radius 1 is 1.41 bits per heavy atom. The number of carbonyl (C=O) groups is 1. The number of halogens is 1. The standard InChI is InChI=1S/C15H13BrN4O2/c1-8-2-5-12(22-8)13-14-18-15(16)19-20(14)7-10(17-13)6-11(21)9-3-4-9/h2,5,7,9H,3-4,6H2,1H3. The lowest BCUT2D eigenvalue weighted by Gasteiger charge is -2.04. The second kappa shape index (κ2) is 5.01. The van der Waals surface area contributed by atoms with E-state index < -0.39 is 0 Å². The van der Waals surface area contributed by atoms with E-state index in [4.69, 9.17) is 4.42 Å². The summed E-state index contributed by atoms with van der Waals surface area (Å²) in [5.74, 6) is 1.89. The smallest absolute Gasteiger partial charge is 0.218 e. The molecule has 1 aliphatic carbocycles. The Morgan fingerprint density at radius 2 is 2.23 bits per heavy atom. The first-order valence-corrected chi connectivity index (χ1v) is 7.91. The normalized spacial score (nSPS) is 14.6. The fourth-order valence-electron chi connectivity index (χ4n) is 2.45. The van der Waals surface area contributed by atoms with Gasteiger partial charge in [0.15, 0.2) is 17.1 Å². The molecule has 0 radical (unpaired) electrons. The average molecular weight is 361 g/mol. The zero-order valence-corrected chi connectivity index (χ0v) is 13.5. The molecule has 22 heavy (non-hydrogen) atoms. The summed E-state index contributed by atoms with van der Waals surface area (Å²) >= 11 is 3.28. The lowest BCUT2D eigenvalue weighted by atomic mass is 10.1. The molecule has 3 aromatic rings. The maximum absolute atomic E-state index is 12.0. The van der Waals surface area contributed by atoms with Crippen LogP contribution in [0.15, 0.2) is 27.5 Å². The number of carbonyl (C=O) groups excluding carboxylic acids is 1. The van der Waals surface area contributed by atoms with Crippen molar-refractivity contribution in [3.05, 3.63) is 34.5 Å². The van der Waals surface area contributed by atoms with Crippen LogP contribution in [0.5, 0.6) is 0 Å². The largest absolute Gasteiger partial charge is 0.460 e. The van der Waals surface area contributed by atoms with Gasteiger partial charge >= 0.3 is 0 Å². The third-order valence-corrected chi connectivity index (χ3v) is 4.04. The highest BCUT2D eigenvalue weighted by Gasteiger charge is 2.30. The molecule has 0 bridgehead atoms. The van der Waals surface area contributed by atoms with Crippen molar-refractivity contribution in [1.29, 1.82) is 0 Å². The van der Waals surface area contributed by atoms with Crippen LogP contribution in [0, 0.1) is 12.8 Å². The molecule has 0 saturated heterocycles. The molecule has 3 aromatic heterocycles. The molecule has 112 valence electrons. The predicted octanol–water partition coefficient (Wildman–Crippen LogP) is 2.98. The molecule has 4 rings (SSSR count). The summed E-state index contributed by atoms with van der Waals surface area (Å²) in [7, 11) is 0. The van der Waals surface area contributed by atoms with E-state index in [9.17, 15) is 4.79 Å². The Hall–Kier alpha value is -2.02. The van der Waals surface area contributed by atoms with Crippen LogP contribution in [0.4, 0.5) is 0 Å². The van der Waals surface area contributed by atoms with Gasteiger partial charge in [-0.3, -0.25) is 4.79 Å². The summed E-state index contributed by atoms with van der Waals surface area (Å²) in [6.07, 6.45) is 4.08. The molecule has 0 aliphatic heterocycles. The molecular formula is C15H13BrN4O2. The number of ketones is 1. The molecule has 3 heterocycles. The van der Waals surface area contributed by atoms with Gasteiger partial charge in [-0.15, -0.1) is 5.10 Å². The highest BCUT2D eigenvalue weighted by molar-refractivity contribution is 9.10. The molecule has 0 aromatic carbocycles. The molecule has 0 atom stereocenters. The molecule has 1 aliphatic rings. The maximum Gasteiger partial charge on any atom is 0.218 e. The van der Waals surface area contributed by atoms with E-state index in [-0.39, 0.29) is 11.7 Å². The van der Waals surface area contributed by atoms with Crippen LogP contribution in [0.1, 0.15) is 24.3 Å². The SMILES string of the molecule is Cc1ccc(-c2nc(CC(=O)C3CC3)cn3nc(Br)nc23)o1. The van der Waals surface area contributed by atoms with Crippen molar-refractivity contribution in [2.45, 2.75) is 26.2 Å². The van der Waals surface area contributed by atoms with Crippen molar-refractivity contribution in [1.82, 2.24) is 19.6 Å². The van der Waals surface area contributed by atoms with E-state index >= 15 is 0 Å². The first-order chi connectivity index (χ1) is 10.6. The molecular weight excluding hydrogens is 348 g/mol. The third-order valence-electron chi connectivity index (χ3n) is 3.71. The topological polar surface area (TPSA) is 73.3 Å². The number of aryl methyl sites for hydroxylation is 1. The fraction of sp³-hybridized carbons (Fsp3) is 0.333. The van der Waals surface area contributed by atoms with Crippen molar-refractivity contribution in [3.8, 4) is 11.5 Å². The highest BCUT2D eigenvalue weighted by atomic mass is 79.9. The number of hydrogen-bond acceptors (Lipinski definition) is 5. The lowest BCUT2D eigenvalue weighted by Crippen LogP contribution is -2.08. The van der Waals surface area contributed by atoms with Gasteiger partial charge in [0, 0.05) is 5.92 Å². The van der Waals surface area contributed by atoms with Crippen molar-refractivity contribution >= 4 is 27.4 Å². The van der Waals surface area contributed by atoms with Crippen LogP contribution in [-0.2, 0) is 11.2 Å². The Labute approximate surface area is 134 Å². The van der Waals surface area contributed by atoms with Gasteiger partial charge in [-0.25, -0.2) is 9.50 Å². The van der Waals surface area contributed by atoms with Gasteiger partial charge in [-0.2, -0.15) is 4.98 Å². The average Bonchev–Trinajstić information content (AvgIpc) is 3.13. The molecule has 0 spiro atoms. The van der Waals surface area contributed by atoms with Crippen LogP contribution in [0.3, 0.4) is 0 Å². The van der Waals surface area contributed by atoms with Crippen molar-refractivity contribution < 1.29 is 9.21 Å². The third kappa shape index (κ3) is 2.45. The summed E-state index contributed by atoms with van der Waals surface area (Å²) in [6, 6.07) is 3.73. The lowest BCUT2D eigenvalue weighted by molar-refractivity contribution is -0.119. The molecule has 7 heteroatoms. The summed E-state index contributed by atoms with van der Waals surface area (Å²) in [5.41, 5.74) is 1.89. The number of fused-ring (bicyclic) bond motifs is 1. The monoisotopic (exact) mass is 360 g/mol. The Morgan fingerprint density at radius 3 is 2.91 bits per heavy atom.